The number of carbonyl (C=O) groups is 1. The van der Waals surface area contributed by atoms with E-state index in [1.807, 2.05) is 49.1 Å². The van der Waals surface area contributed by atoms with Crippen molar-refractivity contribution in [3.8, 4) is 5.75 Å². The Morgan fingerprint density at radius 3 is 2.24 bits per heavy atom. The lowest BCUT2D eigenvalue weighted by Gasteiger charge is -2.41. The minimum atomic E-state index is -0.0152. The molecule has 1 heterocycles. The Morgan fingerprint density at radius 1 is 1.07 bits per heavy atom. The van der Waals surface area contributed by atoms with Crippen LogP contribution in [0.2, 0.25) is 0 Å². The van der Waals surface area contributed by atoms with Crippen LogP contribution in [-0.2, 0) is 0 Å². The molecular weight excluding hydrogens is 362 g/mol. The van der Waals surface area contributed by atoms with Crippen molar-refractivity contribution in [1.82, 2.24) is 15.1 Å². The van der Waals surface area contributed by atoms with Gasteiger partial charge in [-0.25, -0.2) is 0 Å². The van der Waals surface area contributed by atoms with Crippen LogP contribution in [0.1, 0.15) is 55.2 Å². The maximum atomic E-state index is 12.9. The van der Waals surface area contributed by atoms with Crippen LogP contribution in [0.5, 0.6) is 5.75 Å². The predicted octanol–water partition coefficient (Wildman–Crippen LogP) is 3.65. The predicted molar refractivity (Wildman–Crippen MR) is 117 cm³/mol. The summed E-state index contributed by atoms with van der Waals surface area (Å²) in [6.07, 6.45) is 0. The number of amides is 1. The molecule has 3 unspecified atom stereocenters. The maximum absolute atomic E-state index is 12.9. The number of nitrogens with one attached hydrogen (secondary N) is 1. The van der Waals surface area contributed by atoms with Gasteiger partial charge in [0.15, 0.2) is 0 Å². The molecule has 5 nitrogen and oxygen atoms in total. The fourth-order valence-electron chi connectivity index (χ4n) is 4.42. The molecule has 1 fully saturated rings. The van der Waals surface area contributed by atoms with E-state index in [2.05, 4.69) is 36.2 Å². The summed E-state index contributed by atoms with van der Waals surface area (Å²) in [6.45, 7) is 11.6. The largest absolute Gasteiger partial charge is 0.508 e. The van der Waals surface area contributed by atoms with E-state index in [0.717, 1.165) is 24.2 Å². The van der Waals surface area contributed by atoms with Crippen molar-refractivity contribution >= 4 is 5.91 Å². The number of piperazine rings is 1. The molecule has 29 heavy (non-hydrogen) atoms. The number of nitrogens with zero attached hydrogens (tertiary/aromatic N) is 2. The SMILES string of the molecule is CCN(CC)C(=O)c1cccc(C(c2cccc(O)c2)N2CC(C)NC(C)C2)c1. The highest BCUT2D eigenvalue weighted by Gasteiger charge is 2.30. The molecule has 0 spiro atoms. The van der Waals surface area contributed by atoms with Crippen LogP contribution in [0.4, 0.5) is 0 Å². The van der Waals surface area contributed by atoms with Gasteiger partial charge in [-0.15, -0.1) is 0 Å². The lowest BCUT2D eigenvalue weighted by atomic mass is 9.93. The van der Waals surface area contributed by atoms with Crippen molar-refractivity contribution in [2.75, 3.05) is 26.2 Å². The average Bonchev–Trinajstić information content (AvgIpc) is 2.68. The molecule has 3 atom stereocenters. The third-order valence-corrected chi connectivity index (χ3v) is 5.64. The van der Waals surface area contributed by atoms with E-state index in [-0.39, 0.29) is 17.7 Å². The highest BCUT2D eigenvalue weighted by molar-refractivity contribution is 5.94. The summed E-state index contributed by atoms with van der Waals surface area (Å²) in [5, 5.41) is 13.7. The van der Waals surface area contributed by atoms with Crippen LogP contribution in [0.15, 0.2) is 48.5 Å². The van der Waals surface area contributed by atoms with Crippen LogP contribution in [0.25, 0.3) is 0 Å². The minimum absolute atomic E-state index is 0.0152. The molecule has 3 rings (SSSR count). The number of carbonyl (C=O) groups excluding carboxylic acids is 1. The van der Waals surface area contributed by atoms with E-state index in [1.54, 1.807) is 6.07 Å². The summed E-state index contributed by atoms with van der Waals surface area (Å²) in [5.41, 5.74) is 2.83. The van der Waals surface area contributed by atoms with Gasteiger partial charge in [0.05, 0.1) is 6.04 Å². The Balaban J connectivity index is 2.02. The Labute approximate surface area is 174 Å². The monoisotopic (exact) mass is 395 g/mol. The summed E-state index contributed by atoms with van der Waals surface area (Å²) in [5.74, 6) is 0.327. The van der Waals surface area contributed by atoms with E-state index in [9.17, 15) is 9.90 Å². The van der Waals surface area contributed by atoms with E-state index < -0.39 is 0 Å². The molecule has 0 radical (unpaired) electrons. The van der Waals surface area contributed by atoms with E-state index in [0.29, 0.717) is 30.7 Å². The number of hydrogen-bond donors (Lipinski definition) is 2. The van der Waals surface area contributed by atoms with Crippen molar-refractivity contribution in [1.29, 1.82) is 0 Å². The highest BCUT2D eigenvalue weighted by atomic mass is 16.3. The van der Waals surface area contributed by atoms with Crippen LogP contribution in [-0.4, -0.2) is 59.1 Å². The molecule has 1 aliphatic heterocycles. The fourth-order valence-corrected chi connectivity index (χ4v) is 4.42. The van der Waals surface area contributed by atoms with Crippen LogP contribution >= 0.6 is 0 Å². The molecule has 0 aliphatic carbocycles. The summed E-state index contributed by atoms with van der Waals surface area (Å²) >= 11 is 0. The van der Waals surface area contributed by atoms with Gasteiger partial charge in [0, 0.05) is 43.8 Å². The normalized spacial score (nSPS) is 21.0. The first kappa shape index (κ1) is 21.3. The van der Waals surface area contributed by atoms with Crippen LogP contribution in [0, 0.1) is 0 Å². The van der Waals surface area contributed by atoms with Gasteiger partial charge >= 0.3 is 0 Å². The van der Waals surface area contributed by atoms with Gasteiger partial charge in [0.1, 0.15) is 5.75 Å². The molecular formula is C24H33N3O2. The molecule has 1 aliphatic rings. The number of hydrogen-bond acceptors (Lipinski definition) is 4. The molecule has 0 saturated carbocycles. The van der Waals surface area contributed by atoms with Gasteiger partial charge in [0.25, 0.3) is 5.91 Å². The van der Waals surface area contributed by atoms with Crippen molar-refractivity contribution < 1.29 is 9.90 Å². The fraction of sp³-hybridized carbons (Fsp3) is 0.458. The topological polar surface area (TPSA) is 55.8 Å². The molecule has 156 valence electrons. The first-order valence-electron chi connectivity index (χ1n) is 10.6. The van der Waals surface area contributed by atoms with Crippen LogP contribution < -0.4 is 5.32 Å². The van der Waals surface area contributed by atoms with Gasteiger partial charge in [0.2, 0.25) is 0 Å². The quantitative estimate of drug-likeness (QED) is 0.784. The molecule has 2 aromatic carbocycles. The zero-order valence-corrected chi connectivity index (χ0v) is 17.9. The lowest BCUT2D eigenvalue weighted by molar-refractivity contribution is 0.0772. The maximum Gasteiger partial charge on any atom is 0.253 e. The molecule has 0 aromatic heterocycles. The number of rotatable bonds is 6. The molecule has 2 N–H and O–H groups in total. The molecule has 1 amide bonds. The van der Waals surface area contributed by atoms with Gasteiger partial charge in [-0.1, -0.05) is 24.3 Å². The van der Waals surface area contributed by atoms with Gasteiger partial charge in [-0.2, -0.15) is 0 Å². The Hall–Kier alpha value is -2.37. The second-order valence-corrected chi connectivity index (χ2v) is 8.02. The van der Waals surface area contributed by atoms with Crippen molar-refractivity contribution in [2.24, 2.45) is 0 Å². The zero-order valence-electron chi connectivity index (χ0n) is 17.9. The molecule has 2 aromatic rings. The Bertz CT molecular complexity index is 824. The summed E-state index contributed by atoms with van der Waals surface area (Å²) in [4.78, 5) is 17.2. The van der Waals surface area contributed by atoms with Gasteiger partial charge in [-0.05, 0) is 63.1 Å². The standard InChI is InChI=1S/C24H33N3O2/c1-5-26(6-2)24(29)21-11-7-9-19(13-21)23(20-10-8-12-22(28)14-20)27-15-17(3)25-18(4)16-27/h7-14,17-18,23,25,28H,5-6,15-16H2,1-4H3. The number of phenols is 1. The number of phenolic OH excluding ortho intramolecular Hbond substituents is 1. The second-order valence-electron chi connectivity index (χ2n) is 8.02. The Morgan fingerprint density at radius 2 is 1.66 bits per heavy atom. The highest BCUT2D eigenvalue weighted by Crippen LogP contribution is 2.32. The average molecular weight is 396 g/mol. The van der Waals surface area contributed by atoms with Gasteiger partial charge < -0.3 is 15.3 Å². The van der Waals surface area contributed by atoms with E-state index in [4.69, 9.17) is 0 Å². The van der Waals surface area contributed by atoms with Crippen LogP contribution in [0.3, 0.4) is 0 Å². The third-order valence-electron chi connectivity index (χ3n) is 5.64. The summed E-state index contributed by atoms with van der Waals surface area (Å²) in [7, 11) is 0. The Kier molecular flexibility index (Phi) is 6.93. The minimum Gasteiger partial charge on any atom is -0.508 e. The van der Waals surface area contributed by atoms with Crippen molar-refractivity contribution in [2.45, 2.75) is 45.8 Å². The summed E-state index contributed by atoms with van der Waals surface area (Å²) in [6, 6.07) is 16.2. The number of aromatic hydroxyl groups is 1. The first-order valence-corrected chi connectivity index (χ1v) is 10.6. The van der Waals surface area contributed by atoms with E-state index >= 15 is 0 Å². The second kappa shape index (κ2) is 9.42. The number of benzene rings is 2. The van der Waals surface area contributed by atoms with Crippen molar-refractivity contribution in [3.05, 3.63) is 65.2 Å². The first-order chi connectivity index (χ1) is 13.9. The third kappa shape index (κ3) is 4.98. The lowest BCUT2D eigenvalue weighted by Crippen LogP contribution is -2.55. The summed E-state index contributed by atoms with van der Waals surface area (Å²) < 4.78 is 0. The smallest absolute Gasteiger partial charge is 0.253 e. The zero-order chi connectivity index (χ0) is 21.0. The van der Waals surface area contributed by atoms with Crippen molar-refractivity contribution in [3.63, 3.8) is 0 Å². The molecule has 0 bridgehead atoms. The van der Waals surface area contributed by atoms with Gasteiger partial charge in [-0.3, -0.25) is 9.69 Å². The molecule has 5 heteroatoms. The molecule has 1 saturated heterocycles. The van der Waals surface area contributed by atoms with E-state index in [1.165, 1.54) is 0 Å².